The van der Waals surface area contributed by atoms with Crippen LogP contribution in [0.15, 0.2) is 54.7 Å². The minimum Gasteiger partial charge on any atom is -0.473 e. The maximum Gasteiger partial charge on any atom is 0.253 e. The molecule has 134 valence electrons. The largest absolute Gasteiger partial charge is 0.473 e. The SMILES string of the molecule is N#Cc1ccc(C(=O)N2CCC(Oc3nncc4ccccc34)CC2)cc1. The lowest BCUT2D eigenvalue weighted by Crippen LogP contribution is -2.41. The Hall–Kier alpha value is -3.46. The summed E-state index contributed by atoms with van der Waals surface area (Å²) in [6.45, 7) is 1.25. The van der Waals surface area contributed by atoms with Crippen LogP contribution < -0.4 is 4.74 Å². The van der Waals surface area contributed by atoms with Gasteiger partial charge in [-0.3, -0.25) is 4.79 Å². The second kappa shape index (κ2) is 7.42. The van der Waals surface area contributed by atoms with E-state index in [4.69, 9.17) is 10.00 Å². The lowest BCUT2D eigenvalue weighted by molar-refractivity contribution is 0.0589. The van der Waals surface area contributed by atoms with Gasteiger partial charge < -0.3 is 9.64 Å². The van der Waals surface area contributed by atoms with Gasteiger partial charge in [0.1, 0.15) is 6.10 Å². The van der Waals surface area contributed by atoms with Crippen molar-refractivity contribution in [2.24, 2.45) is 0 Å². The van der Waals surface area contributed by atoms with Crippen molar-refractivity contribution < 1.29 is 9.53 Å². The molecule has 1 amide bonds. The van der Waals surface area contributed by atoms with E-state index < -0.39 is 0 Å². The summed E-state index contributed by atoms with van der Waals surface area (Å²) in [5.74, 6) is 0.535. The second-order valence-corrected chi connectivity index (χ2v) is 6.54. The van der Waals surface area contributed by atoms with E-state index in [-0.39, 0.29) is 12.0 Å². The Kier molecular flexibility index (Phi) is 4.67. The van der Waals surface area contributed by atoms with E-state index >= 15 is 0 Å². The molecule has 2 aromatic carbocycles. The Morgan fingerprint density at radius 1 is 1.11 bits per heavy atom. The first-order valence-electron chi connectivity index (χ1n) is 8.91. The summed E-state index contributed by atoms with van der Waals surface area (Å²) in [7, 11) is 0. The number of hydrogen-bond donors (Lipinski definition) is 0. The van der Waals surface area contributed by atoms with E-state index in [1.165, 1.54) is 0 Å². The molecule has 0 bridgehead atoms. The van der Waals surface area contributed by atoms with Gasteiger partial charge in [-0.2, -0.15) is 10.4 Å². The molecule has 0 saturated carbocycles. The Bertz CT molecular complexity index is 997. The molecular formula is C21H18N4O2. The van der Waals surface area contributed by atoms with Crippen molar-refractivity contribution in [2.45, 2.75) is 18.9 Å². The van der Waals surface area contributed by atoms with Gasteiger partial charge in [-0.05, 0) is 30.3 Å². The molecule has 27 heavy (non-hydrogen) atoms. The summed E-state index contributed by atoms with van der Waals surface area (Å²) < 4.78 is 6.09. The van der Waals surface area contributed by atoms with E-state index in [0.29, 0.717) is 30.1 Å². The second-order valence-electron chi connectivity index (χ2n) is 6.54. The number of carbonyl (C=O) groups is 1. The van der Waals surface area contributed by atoms with Crippen LogP contribution in [-0.4, -0.2) is 40.2 Å². The van der Waals surface area contributed by atoms with E-state index in [1.807, 2.05) is 29.2 Å². The summed E-state index contributed by atoms with van der Waals surface area (Å²) in [5.41, 5.74) is 1.16. The monoisotopic (exact) mass is 358 g/mol. The first-order valence-corrected chi connectivity index (χ1v) is 8.91. The molecule has 2 heterocycles. The molecule has 0 aliphatic carbocycles. The van der Waals surface area contributed by atoms with Crippen LogP contribution in [0.1, 0.15) is 28.8 Å². The van der Waals surface area contributed by atoms with Crippen molar-refractivity contribution in [1.82, 2.24) is 15.1 Å². The van der Waals surface area contributed by atoms with Gasteiger partial charge in [0.25, 0.3) is 5.91 Å². The number of hydrogen-bond acceptors (Lipinski definition) is 5. The number of fused-ring (bicyclic) bond motifs is 1. The van der Waals surface area contributed by atoms with Gasteiger partial charge >= 0.3 is 0 Å². The van der Waals surface area contributed by atoms with E-state index in [1.54, 1.807) is 30.5 Å². The number of piperidine rings is 1. The number of ether oxygens (including phenoxy) is 1. The fourth-order valence-electron chi connectivity index (χ4n) is 3.29. The number of benzene rings is 2. The zero-order chi connectivity index (χ0) is 18.6. The van der Waals surface area contributed by atoms with E-state index in [2.05, 4.69) is 16.3 Å². The molecule has 4 rings (SSSR count). The standard InChI is InChI=1S/C21H18N4O2/c22-13-15-5-7-16(8-6-15)21(26)25-11-9-18(10-12-25)27-20-19-4-2-1-3-17(19)14-23-24-20/h1-8,14,18H,9-12H2. The van der Waals surface area contributed by atoms with Crippen LogP contribution in [-0.2, 0) is 0 Å². The number of aromatic nitrogens is 2. The molecule has 6 heteroatoms. The summed E-state index contributed by atoms with van der Waals surface area (Å²) in [6, 6.07) is 16.7. The molecule has 1 aliphatic rings. The molecule has 3 aromatic rings. The van der Waals surface area contributed by atoms with Crippen molar-refractivity contribution in [3.05, 3.63) is 65.9 Å². The van der Waals surface area contributed by atoms with Crippen molar-refractivity contribution >= 4 is 16.7 Å². The minimum absolute atomic E-state index is 0.00937. The van der Waals surface area contributed by atoms with Gasteiger partial charge in [-0.25, -0.2) is 0 Å². The first kappa shape index (κ1) is 17.0. The summed E-state index contributed by atoms with van der Waals surface area (Å²) in [5, 5.41) is 19.0. The highest BCUT2D eigenvalue weighted by Gasteiger charge is 2.25. The van der Waals surface area contributed by atoms with Crippen LogP contribution in [0.5, 0.6) is 5.88 Å². The number of nitriles is 1. The molecule has 0 radical (unpaired) electrons. The van der Waals surface area contributed by atoms with Crippen molar-refractivity contribution in [3.63, 3.8) is 0 Å². The van der Waals surface area contributed by atoms with E-state index in [9.17, 15) is 4.79 Å². The maximum atomic E-state index is 12.6. The van der Waals surface area contributed by atoms with Crippen LogP contribution >= 0.6 is 0 Å². The fraction of sp³-hybridized carbons (Fsp3) is 0.238. The van der Waals surface area contributed by atoms with Gasteiger partial charge in [-0.1, -0.05) is 18.2 Å². The number of rotatable bonds is 3. The van der Waals surface area contributed by atoms with Crippen LogP contribution in [0, 0.1) is 11.3 Å². The number of likely N-dealkylation sites (tertiary alicyclic amines) is 1. The molecule has 1 saturated heterocycles. The first-order chi connectivity index (χ1) is 13.2. The van der Waals surface area contributed by atoms with Gasteiger partial charge in [0, 0.05) is 42.3 Å². The van der Waals surface area contributed by atoms with Crippen LogP contribution in [0.2, 0.25) is 0 Å². The molecule has 0 N–H and O–H groups in total. The number of carbonyl (C=O) groups excluding carboxylic acids is 1. The number of nitrogens with zero attached hydrogens (tertiary/aromatic N) is 4. The third-order valence-corrected chi connectivity index (χ3v) is 4.81. The Morgan fingerprint density at radius 2 is 1.85 bits per heavy atom. The van der Waals surface area contributed by atoms with Crippen LogP contribution in [0.3, 0.4) is 0 Å². The Labute approximate surface area is 157 Å². The summed E-state index contributed by atoms with van der Waals surface area (Å²) in [6.07, 6.45) is 3.22. The van der Waals surface area contributed by atoms with Crippen LogP contribution in [0.25, 0.3) is 10.8 Å². The predicted molar refractivity (Wildman–Crippen MR) is 100 cm³/mol. The quantitative estimate of drug-likeness (QED) is 0.718. The average molecular weight is 358 g/mol. The molecule has 1 aliphatic heterocycles. The lowest BCUT2D eigenvalue weighted by Gasteiger charge is -2.32. The van der Waals surface area contributed by atoms with Gasteiger partial charge in [0.2, 0.25) is 5.88 Å². The summed E-state index contributed by atoms with van der Waals surface area (Å²) >= 11 is 0. The van der Waals surface area contributed by atoms with Crippen molar-refractivity contribution in [3.8, 4) is 11.9 Å². The molecule has 1 fully saturated rings. The van der Waals surface area contributed by atoms with Crippen LogP contribution in [0.4, 0.5) is 0 Å². The topological polar surface area (TPSA) is 79.1 Å². The highest BCUT2D eigenvalue weighted by atomic mass is 16.5. The minimum atomic E-state index is -0.0112. The van der Waals surface area contributed by atoms with E-state index in [0.717, 1.165) is 23.6 Å². The maximum absolute atomic E-state index is 12.6. The number of amides is 1. The molecule has 0 unspecified atom stereocenters. The Morgan fingerprint density at radius 3 is 2.59 bits per heavy atom. The van der Waals surface area contributed by atoms with Gasteiger partial charge in [-0.15, -0.1) is 5.10 Å². The third-order valence-electron chi connectivity index (χ3n) is 4.81. The predicted octanol–water partition coefficient (Wildman–Crippen LogP) is 3.19. The molecular weight excluding hydrogens is 340 g/mol. The molecule has 0 atom stereocenters. The average Bonchev–Trinajstić information content (AvgIpc) is 2.74. The van der Waals surface area contributed by atoms with Crippen molar-refractivity contribution in [2.75, 3.05) is 13.1 Å². The highest BCUT2D eigenvalue weighted by Crippen LogP contribution is 2.25. The third kappa shape index (κ3) is 3.58. The Balaban J connectivity index is 1.40. The zero-order valence-electron chi connectivity index (χ0n) is 14.7. The zero-order valence-corrected chi connectivity index (χ0v) is 14.7. The smallest absolute Gasteiger partial charge is 0.253 e. The van der Waals surface area contributed by atoms with Gasteiger partial charge in [0.05, 0.1) is 17.8 Å². The summed E-state index contributed by atoms with van der Waals surface area (Å²) in [4.78, 5) is 14.4. The normalized spacial score (nSPS) is 14.7. The molecule has 1 aromatic heterocycles. The molecule has 6 nitrogen and oxygen atoms in total. The van der Waals surface area contributed by atoms with Crippen molar-refractivity contribution in [1.29, 1.82) is 5.26 Å². The highest BCUT2D eigenvalue weighted by molar-refractivity contribution is 5.94. The lowest BCUT2D eigenvalue weighted by atomic mass is 10.1. The fourth-order valence-corrected chi connectivity index (χ4v) is 3.29. The molecule has 0 spiro atoms. The van der Waals surface area contributed by atoms with Gasteiger partial charge in [0.15, 0.2) is 0 Å².